The van der Waals surface area contributed by atoms with Crippen molar-refractivity contribution in [1.82, 2.24) is 9.78 Å². The molecular weight excluding hydrogens is 374 g/mol. The zero-order chi connectivity index (χ0) is 21.8. The molecule has 0 fully saturated rings. The van der Waals surface area contributed by atoms with Gasteiger partial charge in [0.2, 0.25) is 0 Å². The van der Waals surface area contributed by atoms with Crippen LogP contribution in [-0.2, 0) is 23.0 Å². The van der Waals surface area contributed by atoms with Gasteiger partial charge in [-0.1, -0.05) is 51.3 Å². The van der Waals surface area contributed by atoms with Crippen LogP contribution in [0.4, 0.5) is 5.82 Å². The highest BCUT2D eigenvalue weighted by Crippen LogP contribution is 2.45. The SMILES string of the molecule is CCCCCCOC(=O)C1=C(C)Nc2c(c(CC)nn2C)C1c1cccc(C)c1C. The van der Waals surface area contributed by atoms with Gasteiger partial charge in [0, 0.05) is 24.2 Å². The summed E-state index contributed by atoms with van der Waals surface area (Å²) in [6.07, 6.45) is 5.15. The molecule has 1 unspecified atom stereocenters. The summed E-state index contributed by atoms with van der Waals surface area (Å²) in [4.78, 5) is 13.3. The second-order valence-electron chi connectivity index (χ2n) is 8.27. The Hall–Kier alpha value is -2.56. The number of anilines is 1. The van der Waals surface area contributed by atoms with Gasteiger partial charge >= 0.3 is 5.97 Å². The van der Waals surface area contributed by atoms with E-state index in [0.29, 0.717) is 12.2 Å². The second kappa shape index (κ2) is 9.50. The van der Waals surface area contributed by atoms with Gasteiger partial charge in [-0.3, -0.25) is 4.68 Å². The van der Waals surface area contributed by atoms with Crippen LogP contribution in [0, 0.1) is 13.8 Å². The molecule has 162 valence electrons. The number of unbranched alkanes of at least 4 members (excludes halogenated alkanes) is 3. The van der Waals surface area contributed by atoms with E-state index in [1.54, 1.807) is 0 Å². The van der Waals surface area contributed by atoms with Gasteiger partial charge in [0.25, 0.3) is 0 Å². The number of aromatic nitrogens is 2. The van der Waals surface area contributed by atoms with Crippen molar-refractivity contribution in [3.8, 4) is 0 Å². The van der Waals surface area contributed by atoms with Crippen LogP contribution in [0.15, 0.2) is 29.5 Å². The summed E-state index contributed by atoms with van der Waals surface area (Å²) in [5.41, 5.74) is 7.25. The van der Waals surface area contributed by atoms with Crippen LogP contribution < -0.4 is 5.32 Å². The molecule has 1 aromatic carbocycles. The predicted octanol–water partition coefficient (Wildman–Crippen LogP) is 5.55. The lowest BCUT2D eigenvalue weighted by Crippen LogP contribution is -2.26. The Bertz CT molecular complexity index is 956. The van der Waals surface area contributed by atoms with Crippen molar-refractivity contribution in [1.29, 1.82) is 0 Å². The minimum Gasteiger partial charge on any atom is -0.462 e. The van der Waals surface area contributed by atoms with Gasteiger partial charge in [-0.25, -0.2) is 4.79 Å². The van der Waals surface area contributed by atoms with Gasteiger partial charge in [-0.05, 0) is 50.3 Å². The molecule has 0 saturated heterocycles. The number of hydrogen-bond acceptors (Lipinski definition) is 4. The number of rotatable bonds is 8. The lowest BCUT2D eigenvalue weighted by atomic mass is 9.78. The number of nitrogens with one attached hydrogen (secondary N) is 1. The van der Waals surface area contributed by atoms with Gasteiger partial charge < -0.3 is 10.1 Å². The van der Waals surface area contributed by atoms with E-state index in [1.165, 1.54) is 24.0 Å². The summed E-state index contributed by atoms with van der Waals surface area (Å²) in [6.45, 7) is 11.0. The maximum atomic E-state index is 13.3. The molecule has 1 aliphatic rings. The lowest BCUT2D eigenvalue weighted by Gasteiger charge is -2.30. The first-order valence-electron chi connectivity index (χ1n) is 11.2. The average Bonchev–Trinajstić information content (AvgIpc) is 3.04. The van der Waals surface area contributed by atoms with Gasteiger partial charge in [-0.2, -0.15) is 5.10 Å². The largest absolute Gasteiger partial charge is 0.462 e. The van der Waals surface area contributed by atoms with Crippen molar-refractivity contribution < 1.29 is 9.53 Å². The zero-order valence-electron chi connectivity index (χ0n) is 19.3. The first-order valence-corrected chi connectivity index (χ1v) is 11.2. The van der Waals surface area contributed by atoms with E-state index in [4.69, 9.17) is 9.84 Å². The Morgan fingerprint density at radius 1 is 1.17 bits per heavy atom. The first kappa shape index (κ1) is 22.1. The summed E-state index contributed by atoms with van der Waals surface area (Å²) < 4.78 is 7.64. The molecule has 1 atom stereocenters. The smallest absolute Gasteiger partial charge is 0.336 e. The third-order valence-corrected chi connectivity index (χ3v) is 6.19. The number of aryl methyl sites for hydroxylation is 3. The van der Waals surface area contributed by atoms with Crippen molar-refractivity contribution in [2.24, 2.45) is 7.05 Å². The van der Waals surface area contributed by atoms with Crippen LogP contribution in [0.25, 0.3) is 0 Å². The minimum atomic E-state index is -0.223. The molecule has 5 heteroatoms. The van der Waals surface area contributed by atoms with Crippen molar-refractivity contribution in [2.45, 2.75) is 72.6 Å². The Balaban J connectivity index is 2.05. The number of carbonyl (C=O) groups excluding carboxylic acids is 1. The maximum Gasteiger partial charge on any atom is 0.336 e. The summed E-state index contributed by atoms with van der Waals surface area (Å²) >= 11 is 0. The summed E-state index contributed by atoms with van der Waals surface area (Å²) in [7, 11) is 1.95. The number of carbonyl (C=O) groups is 1. The van der Waals surface area contributed by atoms with E-state index in [1.807, 2.05) is 18.7 Å². The van der Waals surface area contributed by atoms with Gasteiger partial charge in [-0.15, -0.1) is 0 Å². The lowest BCUT2D eigenvalue weighted by molar-refractivity contribution is -0.139. The van der Waals surface area contributed by atoms with Crippen molar-refractivity contribution in [3.63, 3.8) is 0 Å². The van der Waals surface area contributed by atoms with E-state index < -0.39 is 0 Å². The number of benzene rings is 1. The number of nitrogens with zero attached hydrogens (tertiary/aromatic N) is 2. The topological polar surface area (TPSA) is 56.1 Å². The molecule has 1 aliphatic heterocycles. The van der Waals surface area contributed by atoms with Crippen LogP contribution in [0.5, 0.6) is 0 Å². The van der Waals surface area contributed by atoms with E-state index in [0.717, 1.165) is 47.6 Å². The number of esters is 1. The Labute approximate surface area is 180 Å². The zero-order valence-corrected chi connectivity index (χ0v) is 19.3. The second-order valence-corrected chi connectivity index (χ2v) is 8.27. The standard InChI is InChI=1S/C25H35N3O2/c1-7-9-10-11-15-30-25(29)21-18(5)26-24-23(20(8-2)27-28(24)6)22(21)19-14-12-13-16(3)17(19)4/h12-14,22,26H,7-11,15H2,1-6H3. The van der Waals surface area contributed by atoms with Crippen LogP contribution in [0.3, 0.4) is 0 Å². The fraction of sp³-hybridized carbons (Fsp3) is 0.520. The van der Waals surface area contributed by atoms with Crippen LogP contribution in [0.2, 0.25) is 0 Å². The molecule has 2 aromatic rings. The van der Waals surface area contributed by atoms with E-state index in [-0.39, 0.29) is 11.9 Å². The first-order chi connectivity index (χ1) is 14.4. The summed E-state index contributed by atoms with van der Waals surface area (Å²) in [5, 5.41) is 8.18. The normalized spacial score (nSPS) is 15.7. The molecule has 0 aliphatic carbocycles. The third-order valence-electron chi connectivity index (χ3n) is 6.19. The minimum absolute atomic E-state index is 0.173. The molecule has 0 saturated carbocycles. The molecule has 1 N–H and O–H groups in total. The third kappa shape index (κ3) is 4.16. The van der Waals surface area contributed by atoms with Crippen LogP contribution in [-0.4, -0.2) is 22.4 Å². The molecular formula is C25H35N3O2. The molecule has 3 rings (SSSR count). The number of fused-ring (bicyclic) bond motifs is 1. The highest BCUT2D eigenvalue weighted by molar-refractivity contribution is 5.94. The molecule has 0 spiro atoms. The molecule has 2 heterocycles. The molecule has 1 aromatic heterocycles. The molecule has 5 nitrogen and oxygen atoms in total. The molecule has 0 amide bonds. The molecule has 30 heavy (non-hydrogen) atoms. The van der Waals surface area contributed by atoms with E-state index >= 15 is 0 Å². The highest BCUT2D eigenvalue weighted by atomic mass is 16.5. The van der Waals surface area contributed by atoms with Crippen molar-refractivity contribution >= 4 is 11.8 Å². The highest BCUT2D eigenvalue weighted by Gasteiger charge is 2.37. The Morgan fingerprint density at radius 2 is 1.93 bits per heavy atom. The van der Waals surface area contributed by atoms with Crippen LogP contribution >= 0.6 is 0 Å². The molecule has 0 radical (unpaired) electrons. The van der Waals surface area contributed by atoms with E-state index in [2.05, 4.69) is 51.2 Å². The molecule has 0 bridgehead atoms. The maximum absolute atomic E-state index is 13.3. The van der Waals surface area contributed by atoms with Crippen molar-refractivity contribution in [2.75, 3.05) is 11.9 Å². The Morgan fingerprint density at radius 3 is 2.63 bits per heavy atom. The number of hydrogen-bond donors (Lipinski definition) is 1. The van der Waals surface area contributed by atoms with Crippen molar-refractivity contribution in [3.05, 3.63) is 57.4 Å². The van der Waals surface area contributed by atoms with Gasteiger partial charge in [0.15, 0.2) is 0 Å². The van der Waals surface area contributed by atoms with E-state index in [9.17, 15) is 4.79 Å². The monoisotopic (exact) mass is 409 g/mol. The Kier molecular flexibility index (Phi) is 7.01. The fourth-order valence-electron chi connectivity index (χ4n) is 4.35. The van der Waals surface area contributed by atoms with Gasteiger partial charge in [0.1, 0.15) is 5.82 Å². The predicted molar refractivity (Wildman–Crippen MR) is 122 cm³/mol. The van der Waals surface area contributed by atoms with Crippen LogP contribution in [0.1, 0.15) is 80.3 Å². The fourth-order valence-corrected chi connectivity index (χ4v) is 4.35. The number of allylic oxidation sites excluding steroid dienone is 1. The average molecular weight is 410 g/mol. The quantitative estimate of drug-likeness (QED) is 0.458. The number of ether oxygens (including phenoxy) is 1. The summed E-state index contributed by atoms with van der Waals surface area (Å²) in [5.74, 6) is 0.571. The van der Waals surface area contributed by atoms with Gasteiger partial charge in [0.05, 0.1) is 17.9 Å². The summed E-state index contributed by atoms with van der Waals surface area (Å²) in [6, 6.07) is 6.33.